The molecule has 1 aromatic heterocycles. The van der Waals surface area contributed by atoms with Crippen molar-refractivity contribution in [2.75, 3.05) is 12.4 Å². The molecule has 0 bridgehead atoms. The van der Waals surface area contributed by atoms with Crippen LogP contribution in [0.5, 0.6) is 0 Å². The van der Waals surface area contributed by atoms with E-state index < -0.39 is 29.0 Å². The molecule has 1 saturated carbocycles. The molecule has 3 rings (SSSR count). The number of rotatable bonds is 5. The predicted molar refractivity (Wildman–Crippen MR) is 87.7 cm³/mol. The molecule has 1 aliphatic rings. The standard InChI is InChI=1S/C17H16F3N3O4/c1-27-16(7-2-8-16)15(26)22-10-3-5-11(6-4-10)23-13(17(18,19)20)12(9-21-23)14(24)25/h3-6,9H,2,7-8H2,1H3,(H,22,26)(H,24,25). The number of nitrogens with one attached hydrogen (secondary N) is 1. The van der Waals surface area contributed by atoms with E-state index in [2.05, 4.69) is 10.4 Å². The zero-order valence-electron chi connectivity index (χ0n) is 14.2. The fourth-order valence-electron chi connectivity index (χ4n) is 2.93. The molecular weight excluding hydrogens is 367 g/mol. The summed E-state index contributed by atoms with van der Waals surface area (Å²) < 4.78 is 45.6. The number of hydrogen-bond acceptors (Lipinski definition) is 4. The van der Waals surface area contributed by atoms with Crippen LogP contribution in [-0.4, -0.2) is 39.5 Å². The van der Waals surface area contributed by atoms with Gasteiger partial charge in [-0.05, 0) is 43.5 Å². The lowest BCUT2D eigenvalue weighted by atomic mass is 9.79. The Morgan fingerprint density at radius 2 is 1.89 bits per heavy atom. The van der Waals surface area contributed by atoms with Gasteiger partial charge < -0.3 is 15.2 Å². The highest BCUT2D eigenvalue weighted by molar-refractivity contribution is 5.98. The van der Waals surface area contributed by atoms with E-state index in [4.69, 9.17) is 9.84 Å². The van der Waals surface area contributed by atoms with Crippen molar-refractivity contribution in [3.63, 3.8) is 0 Å². The van der Waals surface area contributed by atoms with Crippen LogP contribution >= 0.6 is 0 Å². The second-order valence-corrected chi connectivity index (χ2v) is 6.17. The third-order valence-electron chi connectivity index (χ3n) is 4.60. The molecule has 1 aromatic carbocycles. The minimum Gasteiger partial charge on any atom is -0.478 e. The van der Waals surface area contributed by atoms with Crippen LogP contribution in [0.2, 0.25) is 0 Å². The Labute approximate surface area is 151 Å². The summed E-state index contributed by atoms with van der Waals surface area (Å²) in [4.78, 5) is 23.3. The molecule has 144 valence electrons. The number of methoxy groups -OCH3 is 1. The number of carboxylic acids is 1. The van der Waals surface area contributed by atoms with Crippen molar-refractivity contribution in [2.45, 2.75) is 31.0 Å². The zero-order valence-corrected chi connectivity index (χ0v) is 14.2. The highest BCUT2D eigenvalue weighted by Crippen LogP contribution is 2.36. The van der Waals surface area contributed by atoms with Gasteiger partial charge in [0.15, 0.2) is 5.69 Å². The van der Waals surface area contributed by atoms with Crippen molar-refractivity contribution < 1.29 is 32.6 Å². The first-order valence-corrected chi connectivity index (χ1v) is 8.03. The molecule has 0 atom stereocenters. The molecule has 7 nitrogen and oxygen atoms in total. The van der Waals surface area contributed by atoms with Gasteiger partial charge in [-0.25, -0.2) is 9.48 Å². The Bertz CT molecular complexity index is 865. The van der Waals surface area contributed by atoms with E-state index in [0.717, 1.165) is 6.42 Å². The second kappa shape index (κ2) is 6.69. The van der Waals surface area contributed by atoms with Gasteiger partial charge in [0.2, 0.25) is 0 Å². The molecule has 2 N–H and O–H groups in total. The minimum atomic E-state index is -4.90. The van der Waals surface area contributed by atoms with E-state index in [-0.39, 0.29) is 11.6 Å². The van der Waals surface area contributed by atoms with Gasteiger partial charge in [-0.2, -0.15) is 18.3 Å². The van der Waals surface area contributed by atoms with Crippen molar-refractivity contribution in [2.24, 2.45) is 0 Å². The number of amides is 1. The summed E-state index contributed by atoms with van der Waals surface area (Å²) in [6, 6.07) is 5.45. The SMILES string of the molecule is COC1(C(=O)Nc2ccc(-n3ncc(C(=O)O)c3C(F)(F)F)cc2)CCC1. The van der Waals surface area contributed by atoms with Crippen molar-refractivity contribution in [3.05, 3.63) is 41.7 Å². The fraction of sp³-hybridized carbons (Fsp3) is 0.353. The lowest BCUT2D eigenvalue weighted by Crippen LogP contribution is -2.50. The molecular formula is C17H16F3N3O4. The van der Waals surface area contributed by atoms with Crippen molar-refractivity contribution >= 4 is 17.6 Å². The normalized spacial score (nSPS) is 15.9. The van der Waals surface area contributed by atoms with E-state index in [9.17, 15) is 22.8 Å². The Balaban J connectivity index is 1.86. The van der Waals surface area contributed by atoms with Gasteiger partial charge in [0.1, 0.15) is 11.2 Å². The molecule has 27 heavy (non-hydrogen) atoms. The summed E-state index contributed by atoms with van der Waals surface area (Å²) in [7, 11) is 1.46. The van der Waals surface area contributed by atoms with Crippen LogP contribution in [0.3, 0.4) is 0 Å². The quantitative estimate of drug-likeness (QED) is 0.828. The van der Waals surface area contributed by atoms with E-state index in [1.54, 1.807) is 0 Å². The smallest absolute Gasteiger partial charge is 0.434 e. The summed E-state index contributed by atoms with van der Waals surface area (Å²) in [5.41, 5.74) is -2.78. The number of carbonyl (C=O) groups excluding carboxylic acids is 1. The van der Waals surface area contributed by atoms with Gasteiger partial charge in [-0.3, -0.25) is 4.79 Å². The fourth-order valence-corrected chi connectivity index (χ4v) is 2.93. The van der Waals surface area contributed by atoms with Gasteiger partial charge in [-0.15, -0.1) is 0 Å². The number of aromatic carboxylic acids is 1. The maximum absolute atomic E-state index is 13.3. The summed E-state index contributed by atoms with van der Waals surface area (Å²) in [6.07, 6.45) is -2.15. The van der Waals surface area contributed by atoms with Crippen molar-refractivity contribution in [1.82, 2.24) is 9.78 Å². The third kappa shape index (κ3) is 3.39. The van der Waals surface area contributed by atoms with Gasteiger partial charge >= 0.3 is 12.1 Å². The molecule has 10 heteroatoms. The number of carbonyl (C=O) groups is 2. The van der Waals surface area contributed by atoms with Gasteiger partial charge in [0.25, 0.3) is 5.91 Å². The average molecular weight is 383 g/mol. The lowest BCUT2D eigenvalue weighted by molar-refractivity contribution is -0.148. The summed E-state index contributed by atoms with van der Waals surface area (Å²) >= 11 is 0. The summed E-state index contributed by atoms with van der Waals surface area (Å²) in [5, 5.41) is 15.2. The molecule has 0 spiro atoms. The van der Waals surface area contributed by atoms with Gasteiger partial charge in [0.05, 0.1) is 11.9 Å². The predicted octanol–water partition coefficient (Wildman–Crippen LogP) is 3.10. The van der Waals surface area contributed by atoms with Crippen molar-refractivity contribution in [3.8, 4) is 5.69 Å². The first kappa shape index (κ1) is 18.9. The van der Waals surface area contributed by atoms with Crippen LogP contribution in [0.1, 0.15) is 35.3 Å². The van der Waals surface area contributed by atoms with Crippen LogP contribution in [0.25, 0.3) is 5.69 Å². The Hall–Kier alpha value is -2.88. The minimum absolute atomic E-state index is 0.0120. The number of anilines is 1. The molecule has 0 radical (unpaired) electrons. The third-order valence-corrected chi connectivity index (χ3v) is 4.60. The lowest BCUT2D eigenvalue weighted by Gasteiger charge is -2.38. The zero-order chi connectivity index (χ0) is 19.8. The Kier molecular flexibility index (Phi) is 4.68. The van der Waals surface area contributed by atoms with Crippen LogP contribution in [0.15, 0.2) is 30.5 Å². The molecule has 0 saturated heterocycles. The van der Waals surface area contributed by atoms with Gasteiger partial charge in [-0.1, -0.05) is 0 Å². The Morgan fingerprint density at radius 1 is 1.26 bits per heavy atom. The number of hydrogen-bond donors (Lipinski definition) is 2. The van der Waals surface area contributed by atoms with Crippen LogP contribution in [0.4, 0.5) is 18.9 Å². The molecule has 1 amide bonds. The summed E-state index contributed by atoms with van der Waals surface area (Å²) in [6.45, 7) is 0. The molecule has 1 heterocycles. The van der Waals surface area contributed by atoms with Crippen LogP contribution in [-0.2, 0) is 15.7 Å². The monoisotopic (exact) mass is 383 g/mol. The average Bonchev–Trinajstić information content (AvgIpc) is 3.00. The maximum Gasteiger partial charge on any atom is 0.434 e. The number of alkyl halides is 3. The molecule has 0 unspecified atom stereocenters. The number of carboxylic acid groups (broad SMARTS) is 1. The Morgan fingerprint density at radius 3 is 2.33 bits per heavy atom. The highest BCUT2D eigenvalue weighted by atomic mass is 19.4. The molecule has 1 aliphatic carbocycles. The maximum atomic E-state index is 13.3. The van der Waals surface area contributed by atoms with E-state index in [1.807, 2.05) is 0 Å². The van der Waals surface area contributed by atoms with E-state index in [0.29, 0.717) is 29.4 Å². The first-order chi connectivity index (χ1) is 12.7. The molecule has 2 aromatic rings. The van der Waals surface area contributed by atoms with E-state index >= 15 is 0 Å². The van der Waals surface area contributed by atoms with Crippen molar-refractivity contribution in [1.29, 1.82) is 0 Å². The number of nitrogens with zero attached hydrogens (tertiary/aromatic N) is 2. The summed E-state index contributed by atoms with van der Waals surface area (Å²) in [5.74, 6) is -2.03. The number of halogens is 3. The molecule has 1 fully saturated rings. The van der Waals surface area contributed by atoms with E-state index in [1.165, 1.54) is 31.4 Å². The van der Waals surface area contributed by atoms with Crippen LogP contribution in [0, 0.1) is 0 Å². The second-order valence-electron chi connectivity index (χ2n) is 6.17. The topological polar surface area (TPSA) is 93.5 Å². The number of aromatic nitrogens is 2. The largest absolute Gasteiger partial charge is 0.478 e. The number of ether oxygens (including phenoxy) is 1. The highest BCUT2D eigenvalue weighted by Gasteiger charge is 2.44. The van der Waals surface area contributed by atoms with Gasteiger partial charge in [0, 0.05) is 12.8 Å². The number of benzene rings is 1. The molecule has 0 aliphatic heterocycles. The van der Waals surface area contributed by atoms with Crippen LogP contribution < -0.4 is 5.32 Å². The first-order valence-electron chi connectivity index (χ1n) is 8.03.